The summed E-state index contributed by atoms with van der Waals surface area (Å²) < 4.78 is 32.6. The third kappa shape index (κ3) is 2.68. The van der Waals surface area contributed by atoms with Crippen molar-refractivity contribution in [2.45, 2.75) is 17.9 Å². The molecular weight excluding hydrogens is 372 g/mol. The number of hydrogen-bond donors (Lipinski definition) is 0. The van der Waals surface area contributed by atoms with Crippen LogP contribution in [0.3, 0.4) is 0 Å². The summed E-state index contributed by atoms with van der Waals surface area (Å²) in [7, 11) is -3.61. The van der Waals surface area contributed by atoms with Crippen molar-refractivity contribution in [1.29, 1.82) is 0 Å². The van der Waals surface area contributed by atoms with Crippen LogP contribution in [0.25, 0.3) is 0 Å². The molecule has 1 aromatic carbocycles. The lowest BCUT2D eigenvalue weighted by Crippen LogP contribution is -2.46. The van der Waals surface area contributed by atoms with Gasteiger partial charge in [-0.3, -0.25) is 4.79 Å². The molecule has 0 bridgehead atoms. The lowest BCUT2D eigenvalue weighted by Gasteiger charge is -2.29. The van der Waals surface area contributed by atoms with Crippen LogP contribution in [0.4, 0.5) is 0 Å². The number of carbonyl (C=O) groups is 1. The van der Waals surface area contributed by atoms with Crippen LogP contribution >= 0.6 is 15.9 Å². The van der Waals surface area contributed by atoms with Crippen LogP contribution in [0.15, 0.2) is 27.6 Å². The Morgan fingerprint density at radius 2 is 2.05 bits per heavy atom. The van der Waals surface area contributed by atoms with Crippen molar-refractivity contribution in [3.05, 3.63) is 28.2 Å². The normalized spacial score (nSPS) is 24.3. The molecule has 0 N–H and O–H groups in total. The van der Waals surface area contributed by atoms with Gasteiger partial charge in [-0.05, 0) is 30.7 Å². The molecule has 0 saturated carbocycles. The van der Waals surface area contributed by atoms with E-state index in [0.717, 1.165) is 10.0 Å². The zero-order chi connectivity index (χ0) is 15.9. The second-order valence-corrected chi connectivity index (χ2v) is 8.18. The van der Waals surface area contributed by atoms with E-state index in [-0.39, 0.29) is 23.4 Å². The first-order valence-corrected chi connectivity index (χ1v) is 9.31. The maximum Gasteiger partial charge on any atom is 0.244 e. The van der Waals surface area contributed by atoms with Gasteiger partial charge < -0.3 is 9.64 Å². The van der Waals surface area contributed by atoms with Gasteiger partial charge in [0.25, 0.3) is 0 Å². The molecule has 0 spiro atoms. The van der Waals surface area contributed by atoms with Crippen molar-refractivity contribution in [2.75, 3.05) is 32.8 Å². The Balaban J connectivity index is 1.84. The average molecular weight is 389 g/mol. The van der Waals surface area contributed by atoms with Crippen molar-refractivity contribution in [2.24, 2.45) is 0 Å². The maximum atomic E-state index is 12.6. The van der Waals surface area contributed by atoms with E-state index >= 15 is 0 Å². The number of halogens is 1. The lowest BCUT2D eigenvalue weighted by atomic mass is 10.1. The molecule has 6 nitrogen and oxygen atoms in total. The van der Waals surface area contributed by atoms with Crippen molar-refractivity contribution in [1.82, 2.24) is 9.21 Å². The van der Waals surface area contributed by atoms with E-state index < -0.39 is 10.0 Å². The number of hydrogen-bond acceptors (Lipinski definition) is 4. The SMILES string of the molecule is CC1c2cc(Br)ccc2S(=O)(=O)N1CC(=O)N1CCOCC1. The number of rotatable bonds is 2. The summed E-state index contributed by atoms with van der Waals surface area (Å²) in [6.07, 6.45) is 0. The zero-order valence-electron chi connectivity index (χ0n) is 12.2. The number of nitrogens with zero attached hydrogens (tertiary/aromatic N) is 2. The molecule has 1 fully saturated rings. The second kappa shape index (κ2) is 5.92. The highest BCUT2D eigenvalue weighted by molar-refractivity contribution is 9.10. The molecule has 1 atom stereocenters. The molecule has 2 aliphatic rings. The first-order chi connectivity index (χ1) is 10.4. The molecule has 1 amide bonds. The fraction of sp³-hybridized carbons (Fsp3) is 0.500. The van der Waals surface area contributed by atoms with Crippen molar-refractivity contribution >= 4 is 31.9 Å². The summed E-state index contributed by atoms with van der Waals surface area (Å²) in [5.41, 5.74) is 0.726. The van der Waals surface area contributed by atoms with Crippen LogP contribution in [0.1, 0.15) is 18.5 Å². The fourth-order valence-corrected chi connectivity index (χ4v) is 5.05. The quantitative estimate of drug-likeness (QED) is 0.767. The van der Waals surface area contributed by atoms with E-state index in [1.807, 2.05) is 6.92 Å². The third-order valence-electron chi connectivity index (χ3n) is 4.10. The molecule has 0 aromatic heterocycles. The zero-order valence-corrected chi connectivity index (χ0v) is 14.6. The summed E-state index contributed by atoms with van der Waals surface area (Å²) >= 11 is 3.36. The lowest BCUT2D eigenvalue weighted by molar-refractivity contribution is -0.135. The monoisotopic (exact) mass is 388 g/mol. The van der Waals surface area contributed by atoms with E-state index in [0.29, 0.717) is 26.3 Å². The van der Waals surface area contributed by atoms with Crippen molar-refractivity contribution in [3.8, 4) is 0 Å². The molecule has 2 aliphatic heterocycles. The predicted octanol–water partition coefficient (Wildman–Crippen LogP) is 1.37. The summed E-state index contributed by atoms with van der Waals surface area (Å²) in [5.74, 6) is -0.175. The number of sulfonamides is 1. The highest BCUT2D eigenvalue weighted by atomic mass is 79.9. The molecular formula is C14H17BrN2O4S. The third-order valence-corrected chi connectivity index (χ3v) is 6.58. The van der Waals surface area contributed by atoms with Gasteiger partial charge in [-0.25, -0.2) is 8.42 Å². The highest BCUT2D eigenvalue weighted by Gasteiger charge is 2.41. The Bertz CT molecular complexity index is 701. The van der Waals surface area contributed by atoms with E-state index in [4.69, 9.17) is 4.74 Å². The van der Waals surface area contributed by atoms with Gasteiger partial charge in [0.1, 0.15) is 0 Å². The Kier molecular flexibility index (Phi) is 4.28. The van der Waals surface area contributed by atoms with Crippen LogP contribution in [-0.4, -0.2) is 56.4 Å². The first kappa shape index (κ1) is 15.9. The van der Waals surface area contributed by atoms with E-state index in [1.165, 1.54) is 4.31 Å². The Morgan fingerprint density at radius 1 is 1.36 bits per heavy atom. The Labute approximate surface area is 138 Å². The Hall–Kier alpha value is -0.960. The van der Waals surface area contributed by atoms with Crippen LogP contribution in [0, 0.1) is 0 Å². The van der Waals surface area contributed by atoms with Gasteiger partial charge in [0.15, 0.2) is 0 Å². The van der Waals surface area contributed by atoms with Crippen LogP contribution in [0.5, 0.6) is 0 Å². The molecule has 1 unspecified atom stereocenters. The predicted molar refractivity (Wildman–Crippen MR) is 83.8 cm³/mol. The fourth-order valence-electron chi connectivity index (χ4n) is 2.84. The van der Waals surface area contributed by atoms with E-state index in [9.17, 15) is 13.2 Å². The van der Waals surface area contributed by atoms with Gasteiger partial charge in [-0.1, -0.05) is 15.9 Å². The molecule has 0 aliphatic carbocycles. The van der Waals surface area contributed by atoms with Crippen LogP contribution < -0.4 is 0 Å². The molecule has 120 valence electrons. The maximum absolute atomic E-state index is 12.6. The van der Waals surface area contributed by atoms with Crippen LogP contribution in [-0.2, 0) is 19.6 Å². The minimum atomic E-state index is -3.61. The van der Waals surface area contributed by atoms with E-state index in [1.54, 1.807) is 23.1 Å². The van der Waals surface area contributed by atoms with Gasteiger partial charge in [-0.2, -0.15) is 4.31 Å². The topological polar surface area (TPSA) is 66.9 Å². The van der Waals surface area contributed by atoms with Gasteiger partial charge in [0, 0.05) is 23.6 Å². The number of benzene rings is 1. The summed E-state index contributed by atoms with van der Waals surface area (Å²) in [5, 5.41) is 0. The first-order valence-electron chi connectivity index (χ1n) is 7.08. The highest BCUT2D eigenvalue weighted by Crippen LogP contribution is 2.40. The molecule has 0 radical (unpaired) electrons. The molecule has 1 saturated heterocycles. The molecule has 2 heterocycles. The number of fused-ring (bicyclic) bond motifs is 1. The van der Waals surface area contributed by atoms with Crippen molar-refractivity contribution in [3.63, 3.8) is 0 Å². The molecule has 8 heteroatoms. The number of morpholine rings is 1. The largest absolute Gasteiger partial charge is 0.378 e. The minimum absolute atomic E-state index is 0.129. The van der Waals surface area contributed by atoms with Gasteiger partial charge in [0.05, 0.1) is 24.7 Å². The second-order valence-electron chi connectivity index (χ2n) is 5.40. The van der Waals surface area contributed by atoms with Gasteiger partial charge in [0.2, 0.25) is 15.9 Å². The van der Waals surface area contributed by atoms with Crippen molar-refractivity contribution < 1.29 is 17.9 Å². The van der Waals surface area contributed by atoms with Crippen LogP contribution in [0.2, 0.25) is 0 Å². The number of amides is 1. The summed E-state index contributed by atoms with van der Waals surface area (Å²) in [4.78, 5) is 14.3. The molecule has 1 aromatic rings. The minimum Gasteiger partial charge on any atom is -0.378 e. The average Bonchev–Trinajstić information content (AvgIpc) is 2.68. The van der Waals surface area contributed by atoms with Gasteiger partial charge >= 0.3 is 0 Å². The van der Waals surface area contributed by atoms with E-state index in [2.05, 4.69) is 15.9 Å². The summed E-state index contributed by atoms with van der Waals surface area (Å²) in [6, 6.07) is 4.75. The standard InChI is InChI=1S/C14H17BrN2O4S/c1-10-12-8-11(15)2-3-13(12)22(19,20)17(10)9-14(18)16-4-6-21-7-5-16/h2-3,8,10H,4-7,9H2,1H3. The number of ether oxygens (including phenoxy) is 1. The Morgan fingerprint density at radius 3 is 2.73 bits per heavy atom. The number of carbonyl (C=O) groups excluding carboxylic acids is 1. The van der Waals surface area contributed by atoms with Gasteiger partial charge in [-0.15, -0.1) is 0 Å². The smallest absolute Gasteiger partial charge is 0.244 e. The molecule has 3 rings (SSSR count). The molecule has 22 heavy (non-hydrogen) atoms. The summed E-state index contributed by atoms with van der Waals surface area (Å²) in [6.45, 7) is 3.71.